The molecule has 1 fully saturated rings. The summed E-state index contributed by atoms with van der Waals surface area (Å²) in [7, 11) is 0. The van der Waals surface area contributed by atoms with E-state index in [1.807, 2.05) is 0 Å². The maximum Gasteiger partial charge on any atom is 0.255 e. The molecule has 36 heavy (non-hydrogen) atoms. The molecule has 0 aromatic carbocycles. The maximum absolute atomic E-state index is 14.3. The van der Waals surface area contributed by atoms with Crippen LogP contribution < -0.4 is 10.2 Å². The van der Waals surface area contributed by atoms with Crippen molar-refractivity contribution in [3.05, 3.63) is 65.4 Å². The molecule has 0 radical (unpaired) electrons. The number of pyridine rings is 3. The smallest absolute Gasteiger partial charge is 0.255 e. The number of aromatic nitrogens is 3. The Kier molecular flexibility index (Phi) is 6.91. The van der Waals surface area contributed by atoms with E-state index in [-0.39, 0.29) is 23.9 Å². The minimum Gasteiger partial charge on any atom is -0.375 e. The van der Waals surface area contributed by atoms with Crippen LogP contribution in [0.3, 0.4) is 0 Å². The lowest BCUT2D eigenvalue weighted by Crippen LogP contribution is -2.43. The van der Waals surface area contributed by atoms with E-state index in [2.05, 4.69) is 32.4 Å². The monoisotopic (exact) mass is 485 g/mol. The van der Waals surface area contributed by atoms with Gasteiger partial charge in [0.15, 0.2) is 6.30 Å². The molecule has 0 bridgehead atoms. The van der Waals surface area contributed by atoms with Crippen LogP contribution in [0.5, 0.6) is 0 Å². The van der Waals surface area contributed by atoms with Crippen molar-refractivity contribution >= 4 is 17.4 Å². The Hall–Kier alpha value is -4.41. The third kappa shape index (κ3) is 4.99. The van der Waals surface area contributed by atoms with Gasteiger partial charge >= 0.3 is 0 Å². The first-order valence-electron chi connectivity index (χ1n) is 11.3. The van der Waals surface area contributed by atoms with E-state index < -0.39 is 11.7 Å². The molecule has 0 spiro atoms. The Labute approximate surface area is 208 Å². The van der Waals surface area contributed by atoms with Crippen molar-refractivity contribution in [2.24, 2.45) is 0 Å². The topological polar surface area (TPSA) is 128 Å². The third-order valence-corrected chi connectivity index (χ3v) is 5.93. The zero-order valence-corrected chi connectivity index (χ0v) is 20.1. The van der Waals surface area contributed by atoms with Gasteiger partial charge in [0.25, 0.3) is 5.91 Å². The molecule has 1 amide bonds. The molecule has 1 atom stereocenters. The minimum atomic E-state index is -1.38. The molecular weight excluding hydrogens is 461 g/mol. The quantitative estimate of drug-likeness (QED) is 0.539. The highest BCUT2D eigenvalue weighted by Crippen LogP contribution is 2.30. The van der Waals surface area contributed by atoms with Gasteiger partial charge in [-0.3, -0.25) is 14.8 Å². The fraction of sp³-hybridized carbons (Fsp3) is 0.308. The van der Waals surface area contributed by atoms with Gasteiger partial charge in [0.2, 0.25) is 0 Å². The van der Waals surface area contributed by atoms with Crippen molar-refractivity contribution in [2.75, 3.05) is 30.0 Å². The summed E-state index contributed by atoms with van der Waals surface area (Å²) in [5.74, 6) is -0.114. The van der Waals surface area contributed by atoms with Gasteiger partial charge in [0.05, 0.1) is 47.8 Å². The lowest BCUT2D eigenvalue weighted by atomic mass is 9.90. The number of amides is 1. The second-order valence-corrected chi connectivity index (χ2v) is 8.89. The molecule has 0 saturated carbocycles. The Balaban J connectivity index is 1.61. The van der Waals surface area contributed by atoms with Crippen molar-refractivity contribution in [3.63, 3.8) is 0 Å². The summed E-state index contributed by atoms with van der Waals surface area (Å²) in [6, 6.07) is 10.8. The van der Waals surface area contributed by atoms with Gasteiger partial charge < -0.3 is 15.0 Å². The predicted molar refractivity (Wildman–Crippen MR) is 131 cm³/mol. The molecule has 4 rings (SSSR count). The number of rotatable bonds is 5. The van der Waals surface area contributed by atoms with E-state index >= 15 is 0 Å². The first kappa shape index (κ1) is 24.7. The second kappa shape index (κ2) is 10.1. The minimum absolute atomic E-state index is 0.0773. The molecule has 0 aliphatic carbocycles. The van der Waals surface area contributed by atoms with Crippen molar-refractivity contribution in [1.82, 2.24) is 15.0 Å². The summed E-state index contributed by atoms with van der Waals surface area (Å²) in [5.41, 5.74) is 2.64. The van der Waals surface area contributed by atoms with Crippen LogP contribution in [0.4, 0.5) is 15.9 Å². The van der Waals surface area contributed by atoms with Crippen molar-refractivity contribution in [1.29, 1.82) is 10.5 Å². The van der Waals surface area contributed by atoms with E-state index in [1.165, 1.54) is 17.3 Å². The number of ether oxygens (including phenoxy) is 1. The summed E-state index contributed by atoms with van der Waals surface area (Å²) in [6.45, 7) is 5.84. The molecule has 1 aliphatic heterocycles. The summed E-state index contributed by atoms with van der Waals surface area (Å²) in [5, 5.41) is 21.9. The molecule has 1 aliphatic rings. The van der Waals surface area contributed by atoms with Crippen molar-refractivity contribution < 1.29 is 13.9 Å². The molecule has 3 aromatic heterocycles. The molecule has 3 aromatic rings. The Bertz CT molecular complexity index is 1390. The molecule has 10 heteroatoms. The summed E-state index contributed by atoms with van der Waals surface area (Å²) in [4.78, 5) is 27.3. The van der Waals surface area contributed by atoms with Gasteiger partial charge in [-0.15, -0.1) is 0 Å². The fourth-order valence-electron chi connectivity index (χ4n) is 3.80. The van der Waals surface area contributed by atoms with E-state index in [9.17, 15) is 19.7 Å². The summed E-state index contributed by atoms with van der Waals surface area (Å²) >= 11 is 0. The summed E-state index contributed by atoms with van der Waals surface area (Å²) in [6.07, 6.45) is 3.22. The molecular formula is C26H24FN7O2. The van der Waals surface area contributed by atoms with Crippen LogP contribution in [0.1, 0.15) is 41.2 Å². The molecule has 1 saturated heterocycles. The van der Waals surface area contributed by atoms with Gasteiger partial charge in [-0.2, -0.15) is 10.5 Å². The van der Waals surface area contributed by atoms with Crippen LogP contribution in [0, 0.1) is 29.6 Å². The number of alkyl halides is 1. The zero-order valence-electron chi connectivity index (χ0n) is 20.1. The number of anilines is 2. The van der Waals surface area contributed by atoms with E-state index in [4.69, 9.17) is 4.74 Å². The van der Waals surface area contributed by atoms with Crippen molar-refractivity contribution in [2.45, 2.75) is 32.5 Å². The molecule has 4 heterocycles. The highest BCUT2D eigenvalue weighted by Gasteiger charge is 2.26. The highest BCUT2D eigenvalue weighted by atomic mass is 19.1. The lowest BCUT2D eigenvalue weighted by molar-refractivity contribution is 0.0491. The first-order chi connectivity index (χ1) is 17.2. The molecule has 0 unspecified atom stereocenters. The fourth-order valence-corrected chi connectivity index (χ4v) is 3.80. The zero-order chi connectivity index (χ0) is 25.9. The molecule has 1 N–H and O–H groups in total. The van der Waals surface area contributed by atoms with Crippen LogP contribution >= 0.6 is 0 Å². The van der Waals surface area contributed by atoms with Crippen LogP contribution in [-0.4, -0.2) is 46.9 Å². The van der Waals surface area contributed by atoms with Gasteiger partial charge in [0.1, 0.15) is 11.9 Å². The second-order valence-electron chi connectivity index (χ2n) is 8.89. The Morgan fingerprint density at radius 1 is 1.22 bits per heavy atom. The average Bonchev–Trinajstić information content (AvgIpc) is 2.90. The number of nitriles is 2. The SMILES string of the molecule is Cc1ncc(NC(=O)c2ccnc(C(C)(C)C#N)c2)cc1-c1cnc(N2CCOC[C@H]2F)c(C#N)c1. The summed E-state index contributed by atoms with van der Waals surface area (Å²) < 4.78 is 19.5. The maximum atomic E-state index is 14.3. The van der Waals surface area contributed by atoms with E-state index in [0.717, 1.165) is 0 Å². The highest BCUT2D eigenvalue weighted by molar-refractivity contribution is 6.04. The number of aryl methyl sites for hydroxylation is 1. The number of carbonyl (C=O) groups excluding carboxylic acids is 1. The number of carbonyl (C=O) groups is 1. The molecule has 182 valence electrons. The van der Waals surface area contributed by atoms with Crippen LogP contribution in [-0.2, 0) is 10.2 Å². The van der Waals surface area contributed by atoms with Crippen molar-refractivity contribution in [3.8, 4) is 23.3 Å². The van der Waals surface area contributed by atoms with Gasteiger partial charge in [0, 0.05) is 41.3 Å². The number of nitrogens with zero attached hydrogens (tertiary/aromatic N) is 6. The Morgan fingerprint density at radius 2 is 2.03 bits per heavy atom. The normalized spacial score (nSPS) is 15.6. The van der Waals surface area contributed by atoms with Crippen LogP contribution in [0.25, 0.3) is 11.1 Å². The number of nitrogens with one attached hydrogen (secondary N) is 1. The van der Waals surface area contributed by atoms with E-state index in [1.54, 1.807) is 51.2 Å². The Morgan fingerprint density at radius 3 is 2.75 bits per heavy atom. The number of hydrogen-bond donors (Lipinski definition) is 1. The van der Waals surface area contributed by atoms with Crippen LogP contribution in [0.2, 0.25) is 0 Å². The molecule has 9 nitrogen and oxygen atoms in total. The van der Waals surface area contributed by atoms with Crippen LogP contribution in [0.15, 0.2) is 42.9 Å². The van der Waals surface area contributed by atoms with Gasteiger partial charge in [-0.05, 0) is 45.0 Å². The van der Waals surface area contributed by atoms with Gasteiger partial charge in [-0.1, -0.05) is 0 Å². The van der Waals surface area contributed by atoms with E-state index in [0.29, 0.717) is 46.9 Å². The number of morpholine rings is 1. The standard InChI is InChI=1S/C26H24FN7O2/c1-16-21(19-8-18(11-28)24(32-12-19)34-6-7-36-14-23(34)27)10-20(13-31-16)33-25(35)17-4-5-30-22(9-17)26(2,3)15-29/h4-5,8-10,12-13,23H,6-7,14H2,1-3H3,(H,33,35)/t23-/m0/s1. The number of halogens is 1. The van der Waals surface area contributed by atoms with Gasteiger partial charge in [-0.25, -0.2) is 9.37 Å². The first-order valence-corrected chi connectivity index (χ1v) is 11.3. The number of hydrogen-bond acceptors (Lipinski definition) is 8. The predicted octanol–water partition coefficient (Wildman–Crippen LogP) is 3.90. The average molecular weight is 486 g/mol. The largest absolute Gasteiger partial charge is 0.375 e. The third-order valence-electron chi connectivity index (χ3n) is 5.93. The lowest BCUT2D eigenvalue weighted by Gasteiger charge is -2.31.